The van der Waals surface area contributed by atoms with Gasteiger partial charge in [0.15, 0.2) is 5.11 Å². The van der Waals surface area contributed by atoms with Gasteiger partial charge in [-0.1, -0.05) is 13.0 Å². The summed E-state index contributed by atoms with van der Waals surface area (Å²) in [5.74, 6) is 0. The summed E-state index contributed by atoms with van der Waals surface area (Å²) in [5, 5.41) is 4.23. The quantitative estimate of drug-likeness (QED) is 0.848. The van der Waals surface area contributed by atoms with E-state index in [4.69, 9.17) is 12.2 Å². The van der Waals surface area contributed by atoms with Gasteiger partial charge in [0.2, 0.25) is 0 Å². The van der Waals surface area contributed by atoms with Crippen molar-refractivity contribution in [3.05, 3.63) is 54.1 Å². The van der Waals surface area contributed by atoms with Crippen molar-refractivity contribution in [2.75, 3.05) is 6.54 Å². The van der Waals surface area contributed by atoms with Gasteiger partial charge >= 0.3 is 0 Å². The van der Waals surface area contributed by atoms with Crippen molar-refractivity contribution in [2.45, 2.75) is 25.4 Å². The number of rotatable bonds is 4. The minimum Gasteiger partial charge on any atom is -0.363 e. The lowest BCUT2D eigenvalue weighted by atomic mass is 10.0. The van der Waals surface area contributed by atoms with Gasteiger partial charge in [-0.2, -0.15) is 0 Å². The van der Waals surface area contributed by atoms with Crippen molar-refractivity contribution >= 4 is 17.3 Å². The maximum Gasteiger partial charge on any atom is 0.170 e. The van der Waals surface area contributed by atoms with Crippen molar-refractivity contribution < 1.29 is 0 Å². The van der Waals surface area contributed by atoms with E-state index in [0.717, 1.165) is 23.8 Å². The number of hydrogen-bond acceptors (Lipinski definition) is 2. The standard InChI is InChI=1S/C15H18N4S/c1-2-10-19-14(12-7-5-9-17-12)13(18-15(19)20)11-6-3-4-8-16-11/h3-9,13-14,17H,2,10H2,1H3,(H,18,20). The van der Waals surface area contributed by atoms with Gasteiger partial charge in [0.25, 0.3) is 0 Å². The zero-order valence-corrected chi connectivity index (χ0v) is 12.2. The predicted molar refractivity (Wildman–Crippen MR) is 83.2 cm³/mol. The second-order valence-electron chi connectivity index (χ2n) is 4.95. The second-order valence-corrected chi connectivity index (χ2v) is 5.33. The molecule has 0 bridgehead atoms. The molecule has 0 spiro atoms. The molecule has 3 heterocycles. The Morgan fingerprint density at radius 1 is 1.30 bits per heavy atom. The highest BCUT2D eigenvalue weighted by Gasteiger charge is 2.39. The number of aromatic amines is 1. The highest BCUT2D eigenvalue weighted by Crippen LogP contribution is 2.37. The van der Waals surface area contributed by atoms with E-state index in [2.05, 4.69) is 33.2 Å². The monoisotopic (exact) mass is 286 g/mol. The van der Waals surface area contributed by atoms with Crippen LogP contribution >= 0.6 is 12.2 Å². The van der Waals surface area contributed by atoms with Crippen LogP contribution in [-0.2, 0) is 0 Å². The summed E-state index contributed by atoms with van der Waals surface area (Å²) < 4.78 is 0. The Bertz CT molecular complexity index is 567. The van der Waals surface area contributed by atoms with E-state index in [9.17, 15) is 0 Å². The maximum absolute atomic E-state index is 5.51. The van der Waals surface area contributed by atoms with E-state index in [1.807, 2.05) is 36.7 Å². The van der Waals surface area contributed by atoms with Crippen molar-refractivity contribution in [3.63, 3.8) is 0 Å². The summed E-state index contributed by atoms with van der Waals surface area (Å²) in [5.41, 5.74) is 2.19. The topological polar surface area (TPSA) is 44.0 Å². The number of nitrogens with one attached hydrogen (secondary N) is 2. The molecule has 2 unspecified atom stereocenters. The average molecular weight is 286 g/mol. The number of H-pyrrole nitrogens is 1. The van der Waals surface area contributed by atoms with Crippen molar-refractivity contribution in [1.29, 1.82) is 0 Å². The van der Waals surface area contributed by atoms with Gasteiger partial charge in [-0.3, -0.25) is 4.98 Å². The van der Waals surface area contributed by atoms with Crippen LogP contribution in [0.15, 0.2) is 42.7 Å². The van der Waals surface area contributed by atoms with Crippen LogP contribution in [0.4, 0.5) is 0 Å². The Morgan fingerprint density at radius 3 is 2.85 bits per heavy atom. The number of nitrogens with zero attached hydrogens (tertiary/aromatic N) is 2. The normalized spacial score (nSPS) is 22.1. The third-order valence-corrected chi connectivity index (χ3v) is 3.96. The molecule has 1 fully saturated rings. The molecule has 0 saturated carbocycles. The number of pyridine rings is 1. The van der Waals surface area contributed by atoms with Gasteiger partial charge in [-0.15, -0.1) is 0 Å². The Hall–Kier alpha value is -1.88. The van der Waals surface area contributed by atoms with Crippen LogP contribution in [0.25, 0.3) is 0 Å². The van der Waals surface area contributed by atoms with E-state index < -0.39 is 0 Å². The Morgan fingerprint density at radius 2 is 2.20 bits per heavy atom. The molecule has 0 radical (unpaired) electrons. The molecular weight excluding hydrogens is 268 g/mol. The first-order valence-corrected chi connectivity index (χ1v) is 7.33. The van der Waals surface area contributed by atoms with Gasteiger partial charge in [0.1, 0.15) is 0 Å². The van der Waals surface area contributed by atoms with Crippen LogP contribution in [0.3, 0.4) is 0 Å². The van der Waals surface area contributed by atoms with E-state index in [1.165, 1.54) is 5.69 Å². The Labute approximate surface area is 124 Å². The van der Waals surface area contributed by atoms with Crippen LogP contribution in [-0.4, -0.2) is 26.5 Å². The summed E-state index contributed by atoms with van der Waals surface area (Å²) in [6, 6.07) is 10.4. The summed E-state index contributed by atoms with van der Waals surface area (Å²) in [6.45, 7) is 3.11. The first-order chi connectivity index (χ1) is 9.81. The molecule has 0 aliphatic carbocycles. The first-order valence-electron chi connectivity index (χ1n) is 6.92. The Kier molecular flexibility index (Phi) is 3.69. The molecular formula is C15H18N4S. The third-order valence-electron chi connectivity index (χ3n) is 3.60. The molecule has 3 rings (SSSR count). The van der Waals surface area contributed by atoms with Gasteiger partial charge < -0.3 is 15.2 Å². The Balaban J connectivity index is 1.99. The van der Waals surface area contributed by atoms with Gasteiger partial charge in [-0.25, -0.2) is 0 Å². The molecule has 5 heteroatoms. The molecule has 1 aliphatic rings. The first kappa shape index (κ1) is 13.1. The zero-order valence-electron chi connectivity index (χ0n) is 11.4. The van der Waals surface area contributed by atoms with E-state index >= 15 is 0 Å². The molecule has 20 heavy (non-hydrogen) atoms. The van der Waals surface area contributed by atoms with Crippen molar-refractivity contribution in [3.8, 4) is 0 Å². The molecule has 104 valence electrons. The van der Waals surface area contributed by atoms with Crippen LogP contribution in [0.5, 0.6) is 0 Å². The molecule has 4 nitrogen and oxygen atoms in total. The minimum absolute atomic E-state index is 0.0916. The van der Waals surface area contributed by atoms with Crippen LogP contribution < -0.4 is 5.32 Å². The lowest BCUT2D eigenvalue weighted by Gasteiger charge is -2.26. The number of thiocarbonyl (C=S) groups is 1. The molecule has 1 saturated heterocycles. The fourth-order valence-corrected chi connectivity index (χ4v) is 3.09. The minimum atomic E-state index is 0.0916. The number of aromatic nitrogens is 2. The van der Waals surface area contributed by atoms with Gasteiger partial charge in [0.05, 0.1) is 17.8 Å². The fraction of sp³-hybridized carbons (Fsp3) is 0.333. The van der Waals surface area contributed by atoms with Crippen LogP contribution in [0, 0.1) is 0 Å². The molecule has 2 N–H and O–H groups in total. The van der Waals surface area contributed by atoms with Gasteiger partial charge in [0, 0.05) is 24.6 Å². The highest BCUT2D eigenvalue weighted by atomic mass is 32.1. The highest BCUT2D eigenvalue weighted by molar-refractivity contribution is 7.80. The molecule has 0 amide bonds. The van der Waals surface area contributed by atoms with Gasteiger partial charge in [-0.05, 0) is 42.9 Å². The molecule has 2 aromatic heterocycles. The second kappa shape index (κ2) is 5.63. The average Bonchev–Trinajstić information content (AvgIpc) is 3.09. The summed E-state index contributed by atoms with van der Waals surface area (Å²) in [7, 11) is 0. The SMILES string of the molecule is CCCN1C(=S)NC(c2ccccn2)C1c1ccc[nH]1. The molecule has 2 atom stereocenters. The third kappa shape index (κ3) is 2.29. The fourth-order valence-electron chi connectivity index (χ4n) is 2.75. The van der Waals surface area contributed by atoms with Crippen LogP contribution in [0.2, 0.25) is 0 Å². The predicted octanol–water partition coefficient (Wildman–Crippen LogP) is 2.79. The van der Waals surface area contributed by atoms with E-state index in [0.29, 0.717) is 0 Å². The number of hydrogen-bond donors (Lipinski definition) is 2. The zero-order chi connectivity index (χ0) is 13.9. The molecule has 0 aromatic carbocycles. The van der Waals surface area contributed by atoms with Crippen molar-refractivity contribution in [2.24, 2.45) is 0 Å². The van der Waals surface area contributed by atoms with Crippen LogP contribution in [0.1, 0.15) is 36.8 Å². The maximum atomic E-state index is 5.51. The summed E-state index contributed by atoms with van der Waals surface area (Å²) in [4.78, 5) is 10.1. The summed E-state index contributed by atoms with van der Waals surface area (Å²) >= 11 is 5.51. The van der Waals surface area contributed by atoms with E-state index in [-0.39, 0.29) is 12.1 Å². The smallest absolute Gasteiger partial charge is 0.170 e. The summed E-state index contributed by atoms with van der Waals surface area (Å²) in [6.07, 6.45) is 4.85. The lowest BCUT2D eigenvalue weighted by Crippen LogP contribution is -2.30. The van der Waals surface area contributed by atoms with Crippen molar-refractivity contribution in [1.82, 2.24) is 20.2 Å². The molecule has 1 aliphatic heterocycles. The lowest BCUT2D eigenvalue weighted by molar-refractivity contribution is 0.312. The van der Waals surface area contributed by atoms with E-state index in [1.54, 1.807) is 0 Å². The molecule has 2 aromatic rings. The largest absolute Gasteiger partial charge is 0.363 e.